The Morgan fingerprint density at radius 3 is 2.67 bits per heavy atom. The first-order valence-corrected chi connectivity index (χ1v) is 8.80. The predicted octanol–water partition coefficient (Wildman–Crippen LogP) is 3.37. The van der Waals surface area contributed by atoms with Gasteiger partial charge >= 0.3 is 5.97 Å². The number of hydrogen-bond acceptors (Lipinski definition) is 4. The number of methoxy groups -OCH3 is 2. The van der Waals surface area contributed by atoms with E-state index in [0.717, 1.165) is 43.4 Å². The van der Waals surface area contributed by atoms with E-state index in [-0.39, 0.29) is 23.9 Å². The molecular weight excluding hydrogens is 304 g/mol. The average Bonchev–Trinajstić information content (AvgIpc) is 2.59. The fourth-order valence-corrected chi connectivity index (χ4v) is 5.34. The molecule has 2 aliphatic carbocycles. The molecule has 0 radical (unpaired) electrons. The smallest absolute Gasteiger partial charge is 0.311 e. The minimum Gasteiger partial charge on any atom is -0.496 e. The first-order chi connectivity index (χ1) is 11.4. The Morgan fingerprint density at radius 2 is 2.04 bits per heavy atom. The van der Waals surface area contributed by atoms with Gasteiger partial charge in [0.15, 0.2) is 0 Å². The number of carbonyl (C=O) groups excluding carboxylic acids is 1. The summed E-state index contributed by atoms with van der Waals surface area (Å²) in [6.45, 7) is 4.34. The van der Waals surface area contributed by atoms with Crippen molar-refractivity contribution in [2.24, 2.45) is 11.3 Å². The van der Waals surface area contributed by atoms with Crippen LogP contribution in [0.3, 0.4) is 0 Å². The summed E-state index contributed by atoms with van der Waals surface area (Å²) in [5.41, 5.74) is 2.92. The monoisotopic (exact) mass is 332 g/mol. The highest BCUT2D eigenvalue weighted by molar-refractivity contribution is 5.77. The van der Waals surface area contributed by atoms with Gasteiger partial charge in [0.1, 0.15) is 5.75 Å². The summed E-state index contributed by atoms with van der Waals surface area (Å²) in [7, 11) is 3.13. The van der Waals surface area contributed by atoms with Crippen LogP contribution in [0.1, 0.15) is 56.2 Å². The lowest BCUT2D eigenvalue weighted by atomic mass is 9.49. The van der Waals surface area contributed by atoms with Crippen LogP contribution in [0.5, 0.6) is 5.75 Å². The summed E-state index contributed by atoms with van der Waals surface area (Å²) >= 11 is 0. The number of carbonyl (C=O) groups is 1. The number of aliphatic hydroxyl groups excluding tert-OH is 1. The van der Waals surface area contributed by atoms with Gasteiger partial charge in [0.2, 0.25) is 0 Å². The molecule has 0 saturated heterocycles. The predicted molar refractivity (Wildman–Crippen MR) is 92.1 cm³/mol. The highest BCUT2D eigenvalue weighted by Gasteiger charge is 2.55. The maximum Gasteiger partial charge on any atom is 0.311 e. The normalized spacial score (nSPS) is 31.8. The van der Waals surface area contributed by atoms with E-state index in [1.54, 1.807) is 7.11 Å². The molecule has 24 heavy (non-hydrogen) atoms. The van der Waals surface area contributed by atoms with Crippen molar-refractivity contribution < 1.29 is 19.4 Å². The largest absolute Gasteiger partial charge is 0.496 e. The minimum atomic E-state index is -0.428. The van der Waals surface area contributed by atoms with Crippen LogP contribution in [-0.2, 0) is 28.0 Å². The maximum atomic E-state index is 12.5. The fourth-order valence-electron chi connectivity index (χ4n) is 5.34. The molecule has 2 aliphatic rings. The molecule has 0 spiro atoms. The standard InChI is InChI=1S/C20H28O4/c1-19-8-5-9-20(2,18(22)24-4)17(19)7-6-13-10-14(12-21)16(23-3)11-15(13)19/h10-11,17,21H,5-9,12H2,1-4H3/t17-,19-,20-/m1/s1. The van der Waals surface area contributed by atoms with Crippen molar-refractivity contribution in [1.82, 2.24) is 0 Å². The number of aliphatic hydroxyl groups is 1. The summed E-state index contributed by atoms with van der Waals surface area (Å²) in [6, 6.07) is 4.18. The van der Waals surface area contributed by atoms with Crippen molar-refractivity contribution in [1.29, 1.82) is 0 Å². The number of benzene rings is 1. The molecule has 1 saturated carbocycles. The lowest BCUT2D eigenvalue weighted by Crippen LogP contribution is -2.52. The molecule has 0 aliphatic heterocycles. The van der Waals surface area contributed by atoms with E-state index in [4.69, 9.17) is 9.47 Å². The molecule has 3 rings (SSSR count). The van der Waals surface area contributed by atoms with Gasteiger partial charge in [-0.3, -0.25) is 4.79 Å². The first kappa shape index (κ1) is 17.3. The lowest BCUT2D eigenvalue weighted by Gasteiger charge is -2.54. The van der Waals surface area contributed by atoms with Crippen LogP contribution in [0, 0.1) is 11.3 Å². The molecule has 1 N–H and O–H groups in total. The second kappa shape index (κ2) is 6.07. The molecule has 0 aromatic heterocycles. The maximum absolute atomic E-state index is 12.5. The fraction of sp³-hybridized carbons (Fsp3) is 0.650. The molecule has 1 aromatic carbocycles. The van der Waals surface area contributed by atoms with Gasteiger partial charge in [0, 0.05) is 5.56 Å². The zero-order chi connectivity index (χ0) is 17.5. The van der Waals surface area contributed by atoms with Crippen LogP contribution in [-0.4, -0.2) is 25.3 Å². The number of ether oxygens (including phenoxy) is 2. The van der Waals surface area contributed by atoms with E-state index < -0.39 is 5.41 Å². The highest BCUT2D eigenvalue weighted by atomic mass is 16.5. The van der Waals surface area contributed by atoms with Crippen molar-refractivity contribution in [3.63, 3.8) is 0 Å². The molecule has 0 amide bonds. The van der Waals surface area contributed by atoms with Gasteiger partial charge in [-0.15, -0.1) is 0 Å². The van der Waals surface area contributed by atoms with Gasteiger partial charge in [-0.25, -0.2) is 0 Å². The quantitative estimate of drug-likeness (QED) is 0.862. The third kappa shape index (κ3) is 2.34. The zero-order valence-corrected chi connectivity index (χ0v) is 15.1. The Balaban J connectivity index is 2.12. The number of rotatable bonds is 3. The molecule has 132 valence electrons. The Morgan fingerprint density at radius 1 is 1.29 bits per heavy atom. The van der Waals surface area contributed by atoms with Crippen LogP contribution >= 0.6 is 0 Å². The number of fused-ring (bicyclic) bond motifs is 3. The van der Waals surface area contributed by atoms with Crippen LogP contribution in [0.15, 0.2) is 12.1 Å². The zero-order valence-electron chi connectivity index (χ0n) is 15.1. The topological polar surface area (TPSA) is 55.8 Å². The van der Waals surface area contributed by atoms with Crippen LogP contribution in [0.4, 0.5) is 0 Å². The van der Waals surface area contributed by atoms with Gasteiger partial charge < -0.3 is 14.6 Å². The second-order valence-corrected chi connectivity index (χ2v) is 7.75. The molecule has 0 bridgehead atoms. The average molecular weight is 332 g/mol. The minimum absolute atomic E-state index is 0.0174. The Hall–Kier alpha value is -1.55. The third-order valence-corrected chi connectivity index (χ3v) is 6.58. The molecule has 1 fully saturated rings. The molecule has 0 unspecified atom stereocenters. The number of aryl methyl sites for hydroxylation is 1. The summed E-state index contributed by atoms with van der Waals surface area (Å²) < 4.78 is 10.7. The Labute approximate surface area is 144 Å². The molecule has 0 heterocycles. The SMILES string of the molecule is COC(=O)[C@]1(C)CCC[C@]2(C)c3cc(OC)c(CO)cc3CC[C@@H]12. The van der Waals surface area contributed by atoms with Crippen LogP contribution in [0.2, 0.25) is 0 Å². The number of hydrogen-bond donors (Lipinski definition) is 1. The number of esters is 1. The summed E-state index contributed by atoms with van der Waals surface area (Å²) in [5.74, 6) is 0.924. The van der Waals surface area contributed by atoms with E-state index in [1.165, 1.54) is 18.2 Å². The summed E-state index contributed by atoms with van der Waals surface area (Å²) in [4.78, 5) is 12.5. The third-order valence-electron chi connectivity index (χ3n) is 6.58. The van der Waals surface area contributed by atoms with Gasteiger partial charge in [-0.05, 0) is 67.2 Å². The summed E-state index contributed by atoms with van der Waals surface area (Å²) in [6.07, 6.45) is 4.88. The van der Waals surface area contributed by atoms with Crippen molar-refractivity contribution in [3.8, 4) is 5.75 Å². The van der Waals surface area contributed by atoms with Crippen molar-refractivity contribution in [3.05, 3.63) is 28.8 Å². The van der Waals surface area contributed by atoms with Crippen molar-refractivity contribution in [2.75, 3.05) is 14.2 Å². The summed E-state index contributed by atoms with van der Waals surface area (Å²) in [5, 5.41) is 9.59. The van der Waals surface area contributed by atoms with Crippen molar-refractivity contribution >= 4 is 5.97 Å². The molecular formula is C20H28O4. The van der Waals surface area contributed by atoms with Gasteiger partial charge in [0.05, 0.1) is 26.2 Å². The van der Waals surface area contributed by atoms with Gasteiger partial charge in [-0.2, -0.15) is 0 Å². The van der Waals surface area contributed by atoms with Gasteiger partial charge in [-0.1, -0.05) is 13.3 Å². The molecule has 1 aromatic rings. The Kier molecular flexibility index (Phi) is 4.37. The second-order valence-electron chi connectivity index (χ2n) is 7.75. The molecule has 4 nitrogen and oxygen atoms in total. The first-order valence-electron chi connectivity index (χ1n) is 8.80. The highest BCUT2D eigenvalue weighted by Crippen LogP contribution is 2.58. The van der Waals surface area contributed by atoms with Crippen LogP contribution in [0.25, 0.3) is 0 Å². The Bertz CT molecular complexity index is 653. The lowest BCUT2D eigenvalue weighted by molar-refractivity contribution is -0.161. The van der Waals surface area contributed by atoms with E-state index in [2.05, 4.69) is 26.0 Å². The van der Waals surface area contributed by atoms with E-state index >= 15 is 0 Å². The van der Waals surface area contributed by atoms with Crippen molar-refractivity contribution in [2.45, 2.75) is 58.0 Å². The van der Waals surface area contributed by atoms with E-state index in [9.17, 15) is 9.90 Å². The van der Waals surface area contributed by atoms with Crippen LogP contribution < -0.4 is 4.74 Å². The van der Waals surface area contributed by atoms with Gasteiger partial charge in [0.25, 0.3) is 0 Å². The van der Waals surface area contributed by atoms with E-state index in [1.807, 2.05) is 0 Å². The van der Waals surface area contributed by atoms with E-state index in [0.29, 0.717) is 0 Å². The molecule has 3 atom stereocenters. The molecule has 4 heteroatoms.